The molecule has 2 aromatic rings. The van der Waals surface area contributed by atoms with Crippen LogP contribution in [0.1, 0.15) is 16.1 Å². The van der Waals surface area contributed by atoms with Gasteiger partial charge in [-0.1, -0.05) is 0 Å². The van der Waals surface area contributed by atoms with Crippen molar-refractivity contribution in [3.63, 3.8) is 0 Å². The minimum Gasteiger partial charge on any atom is -0.294 e. The van der Waals surface area contributed by atoms with Gasteiger partial charge in [-0.15, -0.1) is 0 Å². The van der Waals surface area contributed by atoms with Crippen molar-refractivity contribution in [2.45, 2.75) is 6.42 Å². The highest BCUT2D eigenvalue weighted by Crippen LogP contribution is 2.02. The van der Waals surface area contributed by atoms with Crippen molar-refractivity contribution in [3.8, 4) is 0 Å². The Morgan fingerprint density at radius 2 is 2.07 bits per heavy atom. The third kappa shape index (κ3) is 2.40. The molecule has 5 nitrogen and oxygen atoms in total. The summed E-state index contributed by atoms with van der Waals surface area (Å²) in [6.07, 6.45) is 4.74. The lowest BCUT2D eigenvalue weighted by molar-refractivity contribution is 0.0991. The zero-order chi connectivity index (χ0) is 10.5. The summed E-state index contributed by atoms with van der Waals surface area (Å²) in [5.74, 6) is -0.0367. The van der Waals surface area contributed by atoms with E-state index in [2.05, 4.69) is 20.4 Å². The van der Waals surface area contributed by atoms with E-state index < -0.39 is 0 Å². The van der Waals surface area contributed by atoms with Crippen LogP contribution in [0.5, 0.6) is 0 Å². The van der Waals surface area contributed by atoms with Crippen LogP contribution in [0.2, 0.25) is 0 Å². The second-order valence-corrected chi connectivity index (χ2v) is 2.95. The van der Waals surface area contributed by atoms with Gasteiger partial charge in [-0.25, -0.2) is 0 Å². The second kappa shape index (κ2) is 4.36. The molecular formula is C10H8N4O. The maximum atomic E-state index is 11.7. The van der Waals surface area contributed by atoms with Gasteiger partial charge < -0.3 is 0 Å². The number of hydrogen-bond donors (Lipinski definition) is 0. The van der Waals surface area contributed by atoms with Crippen LogP contribution in [0.25, 0.3) is 0 Å². The number of carbonyl (C=O) groups is 1. The molecular weight excluding hydrogens is 192 g/mol. The van der Waals surface area contributed by atoms with E-state index in [1.165, 1.54) is 12.4 Å². The highest BCUT2D eigenvalue weighted by atomic mass is 16.1. The predicted molar refractivity (Wildman–Crippen MR) is 52.1 cm³/mol. The molecule has 0 saturated carbocycles. The van der Waals surface area contributed by atoms with Crippen LogP contribution in [-0.4, -0.2) is 26.2 Å². The Bertz CT molecular complexity index is 443. The molecule has 0 atom stereocenters. The van der Waals surface area contributed by atoms with Crippen molar-refractivity contribution in [3.05, 3.63) is 48.0 Å². The first-order chi connectivity index (χ1) is 7.36. The molecule has 0 bridgehead atoms. The first kappa shape index (κ1) is 9.39. The van der Waals surface area contributed by atoms with E-state index in [0.29, 0.717) is 11.3 Å². The van der Waals surface area contributed by atoms with Crippen LogP contribution in [0.3, 0.4) is 0 Å². The van der Waals surface area contributed by atoms with E-state index in [4.69, 9.17) is 0 Å². The molecule has 2 heterocycles. The number of Topliss-reactive ketones (excluding diaryl/α,β-unsaturated/α-hetero) is 1. The molecule has 0 amide bonds. The third-order valence-electron chi connectivity index (χ3n) is 1.88. The molecule has 0 unspecified atom stereocenters. The smallest absolute Gasteiger partial charge is 0.170 e. The molecule has 0 aromatic carbocycles. The molecule has 2 rings (SSSR count). The van der Waals surface area contributed by atoms with Crippen LogP contribution in [0, 0.1) is 0 Å². The zero-order valence-corrected chi connectivity index (χ0v) is 7.87. The van der Waals surface area contributed by atoms with Crippen LogP contribution < -0.4 is 0 Å². The standard InChI is InChI=1S/C10H8N4O/c15-10(8-3-5-11-13-7-8)6-9-2-1-4-12-14-9/h1-5,7H,6H2. The monoisotopic (exact) mass is 200 g/mol. The number of aromatic nitrogens is 4. The normalized spacial score (nSPS) is 9.87. The van der Waals surface area contributed by atoms with E-state index in [9.17, 15) is 4.79 Å². The Hall–Kier alpha value is -2.17. The van der Waals surface area contributed by atoms with Gasteiger partial charge in [-0.2, -0.15) is 20.4 Å². The Kier molecular flexibility index (Phi) is 2.73. The molecule has 0 aliphatic rings. The van der Waals surface area contributed by atoms with Crippen LogP contribution in [0.4, 0.5) is 0 Å². The molecule has 0 fully saturated rings. The average molecular weight is 200 g/mol. The quantitative estimate of drug-likeness (QED) is 0.682. The molecule has 0 aliphatic heterocycles. The Balaban J connectivity index is 2.12. The van der Waals surface area contributed by atoms with Crippen molar-refractivity contribution in [2.24, 2.45) is 0 Å². The van der Waals surface area contributed by atoms with Gasteiger partial charge in [-0.3, -0.25) is 4.79 Å². The summed E-state index contributed by atoms with van der Waals surface area (Å²) in [4.78, 5) is 11.7. The SMILES string of the molecule is O=C(Cc1cccnn1)c1ccnnc1. The minimum absolute atomic E-state index is 0.0367. The maximum absolute atomic E-state index is 11.7. The Morgan fingerprint density at radius 3 is 2.73 bits per heavy atom. The van der Waals surface area contributed by atoms with E-state index >= 15 is 0 Å². The number of carbonyl (C=O) groups excluding carboxylic acids is 1. The van der Waals surface area contributed by atoms with Crippen LogP contribution >= 0.6 is 0 Å². The Labute approximate surface area is 86.2 Å². The van der Waals surface area contributed by atoms with Crippen molar-refractivity contribution < 1.29 is 4.79 Å². The van der Waals surface area contributed by atoms with Crippen molar-refractivity contribution in [1.82, 2.24) is 20.4 Å². The van der Waals surface area contributed by atoms with E-state index in [1.54, 1.807) is 24.4 Å². The molecule has 0 aliphatic carbocycles. The number of hydrogen-bond acceptors (Lipinski definition) is 5. The Morgan fingerprint density at radius 1 is 1.13 bits per heavy atom. The largest absolute Gasteiger partial charge is 0.294 e. The highest BCUT2D eigenvalue weighted by Gasteiger charge is 2.07. The molecule has 0 spiro atoms. The summed E-state index contributed by atoms with van der Waals surface area (Å²) in [5.41, 5.74) is 1.19. The minimum atomic E-state index is -0.0367. The van der Waals surface area contributed by atoms with Gasteiger partial charge in [0, 0.05) is 11.8 Å². The lowest BCUT2D eigenvalue weighted by Crippen LogP contribution is -2.06. The number of nitrogens with zero attached hydrogens (tertiary/aromatic N) is 4. The van der Waals surface area contributed by atoms with Gasteiger partial charge in [0.1, 0.15) is 0 Å². The summed E-state index contributed by atoms with van der Waals surface area (Å²) in [6.45, 7) is 0. The lowest BCUT2D eigenvalue weighted by atomic mass is 10.1. The average Bonchev–Trinajstić information content (AvgIpc) is 2.31. The summed E-state index contributed by atoms with van der Waals surface area (Å²) in [7, 11) is 0. The zero-order valence-electron chi connectivity index (χ0n) is 7.87. The molecule has 0 N–H and O–H groups in total. The number of rotatable bonds is 3. The topological polar surface area (TPSA) is 68.6 Å². The van der Waals surface area contributed by atoms with Gasteiger partial charge in [0.05, 0.1) is 24.5 Å². The van der Waals surface area contributed by atoms with E-state index in [-0.39, 0.29) is 12.2 Å². The molecule has 2 aromatic heterocycles. The van der Waals surface area contributed by atoms with Crippen molar-refractivity contribution >= 4 is 5.78 Å². The van der Waals surface area contributed by atoms with Gasteiger partial charge >= 0.3 is 0 Å². The first-order valence-electron chi connectivity index (χ1n) is 4.43. The van der Waals surface area contributed by atoms with Gasteiger partial charge in [0.2, 0.25) is 0 Å². The summed E-state index contributed by atoms with van der Waals surface area (Å²) in [6, 6.07) is 5.14. The maximum Gasteiger partial charge on any atom is 0.170 e. The fraction of sp³-hybridized carbons (Fsp3) is 0.100. The first-order valence-corrected chi connectivity index (χ1v) is 4.43. The van der Waals surface area contributed by atoms with E-state index in [1.807, 2.05) is 0 Å². The molecule has 0 saturated heterocycles. The molecule has 15 heavy (non-hydrogen) atoms. The third-order valence-corrected chi connectivity index (χ3v) is 1.88. The van der Waals surface area contributed by atoms with Crippen molar-refractivity contribution in [2.75, 3.05) is 0 Å². The fourth-order valence-electron chi connectivity index (χ4n) is 1.15. The lowest BCUT2D eigenvalue weighted by Gasteiger charge is -1.98. The fourth-order valence-corrected chi connectivity index (χ4v) is 1.15. The van der Waals surface area contributed by atoms with Gasteiger partial charge in [0.15, 0.2) is 5.78 Å². The summed E-state index contributed by atoms with van der Waals surface area (Å²) in [5, 5.41) is 14.8. The van der Waals surface area contributed by atoms with Crippen LogP contribution in [0.15, 0.2) is 36.8 Å². The second-order valence-electron chi connectivity index (χ2n) is 2.95. The highest BCUT2D eigenvalue weighted by molar-refractivity contribution is 5.96. The molecule has 0 radical (unpaired) electrons. The van der Waals surface area contributed by atoms with Gasteiger partial charge in [0.25, 0.3) is 0 Å². The van der Waals surface area contributed by atoms with Crippen LogP contribution in [-0.2, 0) is 6.42 Å². The molecule has 5 heteroatoms. The summed E-state index contributed by atoms with van der Waals surface area (Å²) >= 11 is 0. The molecule has 74 valence electrons. The predicted octanol–water partition coefficient (Wildman–Crippen LogP) is 0.692. The summed E-state index contributed by atoms with van der Waals surface area (Å²) < 4.78 is 0. The van der Waals surface area contributed by atoms with E-state index in [0.717, 1.165) is 0 Å². The van der Waals surface area contributed by atoms with Gasteiger partial charge in [-0.05, 0) is 18.2 Å². The van der Waals surface area contributed by atoms with Crippen molar-refractivity contribution in [1.29, 1.82) is 0 Å². The number of ketones is 1.